The zero-order valence-corrected chi connectivity index (χ0v) is 14.0. The Morgan fingerprint density at radius 1 is 0.667 bits per heavy atom. The summed E-state index contributed by atoms with van der Waals surface area (Å²) in [5.41, 5.74) is 0. The summed E-state index contributed by atoms with van der Waals surface area (Å²) in [7, 11) is 0. The maximum absolute atomic E-state index is 2.48. The molecule has 0 aliphatic heterocycles. The summed E-state index contributed by atoms with van der Waals surface area (Å²) in [5, 5.41) is 0. The predicted molar refractivity (Wildman–Crippen MR) is 84.9 cm³/mol. The largest absolute Gasteiger partial charge is 0.0654 e. The Hall–Kier alpha value is 0. The molecule has 0 rings (SSSR count). The minimum Gasteiger partial charge on any atom is -0.0654 e. The van der Waals surface area contributed by atoms with Crippen molar-refractivity contribution in [2.24, 2.45) is 23.7 Å². The quantitative estimate of drug-likeness (QED) is 0.360. The zero-order chi connectivity index (χ0) is 14.0. The smallest absolute Gasteiger partial charge is 0.0391 e. The molecule has 0 saturated heterocycles. The van der Waals surface area contributed by atoms with E-state index in [1.54, 1.807) is 0 Å². The Morgan fingerprint density at radius 2 is 1.33 bits per heavy atom. The van der Waals surface area contributed by atoms with Gasteiger partial charge in [-0.25, -0.2) is 0 Å². The van der Waals surface area contributed by atoms with Crippen LogP contribution in [0.3, 0.4) is 0 Å². The summed E-state index contributed by atoms with van der Waals surface area (Å²) in [4.78, 5) is 0. The highest BCUT2D eigenvalue weighted by atomic mass is 14.3. The molecule has 0 heterocycles. The molecule has 0 fully saturated rings. The van der Waals surface area contributed by atoms with Gasteiger partial charge in [0.15, 0.2) is 0 Å². The summed E-state index contributed by atoms with van der Waals surface area (Å²) in [5.74, 6) is 3.61. The minimum absolute atomic E-state index is 0.894. The SMILES string of the molecule is CCCCCCC(C)C(C)C(C)CC(C)CCC. The van der Waals surface area contributed by atoms with Crippen LogP contribution in [0.25, 0.3) is 0 Å². The zero-order valence-electron chi connectivity index (χ0n) is 14.0. The summed E-state index contributed by atoms with van der Waals surface area (Å²) in [6.45, 7) is 14.5. The number of hydrogen-bond acceptors (Lipinski definition) is 0. The van der Waals surface area contributed by atoms with E-state index in [9.17, 15) is 0 Å². The first-order valence-electron chi connectivity index (χ1n) is 8.52. The fraction of sp³-hybridized carbons (Fsp3) is 1.00. The standard InChI is InChI=1S/C18H38/c1-7-9-10-11-13-16(4)18(6)17(5)14-15(3)12-8-2/h15-18H,7-14H2,1-6H3. The van der Waals surface area contributed by atoms with Crippen molar-refractivity contribution in [3.05, 3.63) is 0 Å². The van der Waals surface area contributed by atoms with E-state index in [1.807, 2.05) is 0 Å². The number of hydrogen-bond donors (Lipinski definition) is 0. The molecule has 0 aliphatic carbocycles. The maximum Gasteiger partial charge on any atom is -0.0391 e. The number of rotatable bonds is 11. The van der Waals surface area contributed by atoms with Crippen LogP contribution in [0.2, 0.25) is 0 Å². The molecule has 0 aromatic rings. The fourth-order valence-electron chi connectivity index (χ4n) is 3.18. The predicted octanol–water partition coefficient (Wildman–Crippen LogP) is 6.69. The van der Waals surface area contributed by atoms with Gasteiger partial charge in [-0.2, -0.15) is 0 Å². The van der Waals surface area contributed by atoms with Crippen LogP contribution in [-0.2, 0) is 0 Å². The van der Waals surface area contributed by atoms with Crippen molar-refractivity contribution in [1.29, 1.82) is 0 Å². The van der Waals surface area contributed by atoms with E-state index in [0.29, 0.717) is 0 Å². The molecule has 0 amide bonds. The lowest BCUT2D eigenvalue weighted by Gasteiger charge is -2.28. The van der Waals surface area contributed by atoms with Gasteiger partial charge in [0.1, 0.15) is 0 Å². The highest BCUT2D eigenvalue weighted by Gasteiger charge is 2.20. The first kappa shape index (κ1) is 18.0. The molecule has 110 valence electrons. The molecule has 0 heteroatoms. The third kappa shape index (κ3) is 8.16. The minimum atomic E-state index is 0.894. The first-order valence-corrected chi connectivity index (χ1v) is 8.52. The van der Waals surface area contributed by atoms with E-state index in [1.165, 1.54) is 51.4 Å². The normalized spacial score (nSPS) is 18.3. The van der Waals surface area contributed by atoms with E-state index in [-0.39, 0.29) is 0 Å². The molecule has 0 N–H and O–H groups in total. The van der Waals surface area contributed by atoms with Crippen LogP contribution in [0.15, 0.2) is 0 Å². The molecule has 0 aromatic heterocycles. The molecule has 4 atom stereocenters. The van der Waals surface area contributed by atoms with E-state index < -0.39 is 0 Å². The summed E-state index contributed by atoms with van der Waals surface area (Å²) >= 11 is 0. The molecule has 0 spiro atoms. The van der Waals surface area contributed by atoms with Gasteiger partial charge < -0.3 is 0 Å². The summed E-state index contributed by atoms with van der Waals surface area (Å²) in [6.07, 6.45) is 11.3. The van der Waals surface area contributed by atoms with E-state index >= 15 is 0 Å². The van der Waals surface area contributed by atoms with Gasteiger partial charge >= 0.3 is 0 Å². The molecule has 4 unspecified atom stereocenters. The van der Waals surface area contributed by atoms with E-state index in [2.05, 4.69) is 41.5 Å². The average molecular weight is 255 g/mol. The topological polar surface area (TPSA) is 0 Å². The van der Waals surface area contributed by atoms with Gasteiger partial charge in [-0.15, -0.1) is 0 Å². The Labute approximate surface area is 117 Å². The lowest BCUT2D eigenvalue weighted by molar-refractivity contribution is 0.223. The molecule has 0 aliphatic rings. The van der Waals surface area contributed by atoms with Crippen molar-refractivity contribution in [3.8, 4) is 0 Å². The van der Waals surface area contributed by atoms with Gasteiger partial charge in [0.05, 0.1) is 0 Å². The monoisotopic (exact) mass is 254 g/mol. The van der Waals surface area contributed by atoms with Crippen molar-refractivity contribution in [3.63, 3.8) is 0 Å². The van der Waals surface area contributed by atoms with Crippen LogP contribution in [0.5, 0.6) is 0 Å². The number of unbranched alkanes of at least 4 members (excludes halogenated alkanes) is 3. The molecular formula is C18H38. The second-order valence-corrected chi connectivity index (χ2v) is 6.79. The summed E-state index contributed by atoms with van der Waals surface area (Å²) in [6, 6.07) is 0. The summed E-state index contributed by atoms with van der Waals surface area (Å²) < 4.78 is 0. The van der Waals surface area contributed by atoms with Crippen LogP contribution < -0.4 is 0 Å². The lowest BCUT2D eigenvalue weighted by atomic mass is 9.78. The lowest BCUT2D eigenvalue weighted by Crippen LogP contribution is -2.19. The highest BCUT2D eigenvalue weighted by molar-refractivity contribution is 4.70. The maximum atomic E-state index is 2.48. The fourth-order valence-corrected chi connectivity index (χ4v) is 3.18. The Bertz CT molecular complexity index is 173. The van der Waals surface area contributed by atoms with Crippen molar-refractivity contribution in [2.75, 3.05) is 0 Å². The van der Waals surface area contributed by atoms with Gasteiger partial charge in [-0.3, -0.25) is 0 Å². The van der Waals surface area contributed by atoms with Crippen LogP contribution in [-0.4, -0.2) is 0 Å². The Morgan fingerprint density at radius 3 is 1.89 bits per heavy atom. The third-order valence-electron chi connectivity index (χ3n) is 4.86. The van der Waals surface area contributed by atoms with Gasteiger partial charge in [0, 0.05) is 0 Å². The van der Waals surface area contributed by atoms with E-state index in [0.717, 1.165) is 23.7 Å². The Kier molecular flexibility index (Phi) is 10.9. The molecule has 0 bridgehead atoms. The van der Waals surface area contributed by atoms with Crippen molar-refractivity contribution in [1.82, 2.24) is 0 Å². The van der Waals surface area contributed by atoms with Crippen LogP contribution in [0.4, 0.5) is 0 Å². The molecular weight excluding hydrogens is 216 g/mol. The Balaban J connectivity index is 3.84. The van der Waals surface area contributed by atoms with Gasteiger partial charge in [-0.05, 0) is 30.1 Å². The van der Waals surface area contributed by atoms with Crippen LogP contribution in [0.1, 0.15) is 92.9 Å². The molecule has 0 nitrogen and oxygen atoms in total. The average Bonchev–Trinajstić information content (AvgIpc) is 2.33. The van der Waals surface area contributed by atoms with Crippen molar-refractivity contribution in [2.45, 2.75) is 92.9 Å². The van der Waals surface area contributed by atoms with Gasteiger partial charge in [-0.1, -0.05) is 86.5 Å². The third-order valence-corrected chi connectivity index (χ3v) is 4.86. The van der Waals surface area contributed by atoms with Crippen LogP contribution >= 0.6 is 0 Å². The molecule has 0 saturated carbocycles. The first-order chi connectivity index (χ1) is 8.52. The van der Waals surface area contributed by atoms with Crippen LogP contribution in [0, 0.1) is 23.7 Å². The second-order valence-electron chi connectivity index (χ2n) is 6.79. The highest BCUT2D eigenvalue weighted by Crippen LogP contribution is 2.30. The van der Waals surface area contributed by atoms with Gasteiger partial charge in [0.25, 0.3) is 0 Å². The van der Waals surface area contributed by atoms with Crippen molar-refractivity contribution < 1.29 is 0 Å². The molecule has 18 heavy (non-hydrogen) atoms. The van der Waals surface area contributed by atoms with Gasteiger partial charge in [0.2, 0.25) is 0 Å². The second kappa shape index (κ2) is 10.9. The molecule has 0 radical (unpaired) electrons. The van der Waals surface area contributed by atoms with E-state index in [4.69, 9.17) is 0 Å². The van der Waals surface area contributed by atoms with Crippen molar-refractivity contribution >= 4 is 0 Å². The molecule has 0 aromatic carbocycles.